The van der Waals surface area contributed by atoms with E-state index in [1.54, 1.807) is 0 Å². The van der Waals surface area contributed by atoms with Crippen molar-refractivity contribution in [2.45, 2.75) is 59.2 Å². The van der Waals surface area contributed by atoms with E-state index in [9.17, 15) is 0 Å². The quantitative estimate of drug-likeness (QED) is 0.593. The van der Waals surface area contributed by atoms with Crippen LogP contribution in [-0.2, 0) is 4.74 Å². The fraction of sp³-hybridized carbons (Fsp3) is 0.833. The molecule has 1 rings (SSSR count). The Morgan fingerprint density at radius 3 is 2.46 bits per heavy atom. The molecule has 1 aliphatic heterocycles. The van der Waals surface area contributed by atoms with Crippen LogP contribution >= 0.6 is 0 Å². The van der Waals surface area contributed by atoms with Crippen LogP contribution in [-0.4, -0.2) is 12.2 Å². The fourth-order valence-corrected chi connectivity index (χ4v) is 1.76. The van der Waals surface area contributed by atoms with Crippen molar-refractivity contribution in [3.8, 4) is 0 Å². The summed E-state index contributed by atoms with van der Waals surface area (Å²) in [5, 5.41) is 0. The summed E-state index contributed by atoms with van der Waals surface area (Å²) in [5.74, 6) is 0. The first-order valence-electron chi connectivity index (χ1n) is 5.21. The Bertz CT molecular complexity index is 188. The highest BCUT2D eigenvalue weighted by atomic mass is 16.5. The Morgan fingerprint density at radius 1 is 1.46 bits per heavy atom. The third-order valence-electron chi connectivity index (χ3n) is 2.56. The lowest BCUT2D eigenvalue weighted by Gasteiger charge is -2.21. The summed E-state index contributed by atoms with van der Waals surface area (Å²) >= 11 is 0. The Balaban J connectivity index is 2.34. The molecule has 1 heterocycles. The summed E-state index contributed by atoms with van der Waals surface area (Å²) in [7, 11) is 0. The van der Waals surface area contributed by atoms with Gasteiger partial charge in [0.1, 0.15) is 0 Å². The predicted octanol–water partition coefficient (Wildman–Crippen LogP) is 3.55. The number of ether oxygens (including phenoxy) is 1. The van der Waals surface area contributed by atoms with Crippen molar-refractivity contribution >= 4 is 0 Å². The molecule has 0 aromatic rings. The van der Waals surface area contributed by atoms with Crippen molar-refractivity contribution in [1.29, 1.82) is 0 Å². The number of hydrogen-bond donors (Lipinski definition) is 0. The first-order valence-corrected chi connectivity index (χ1v) is 5.21. The van der Waals surface area contributed by atoms with Crippen molar-refractivity contribution in [2.24, 2.45) is 5.41 Å². The molecule has 0 N–H and O–H groups in total. The molecule has 0 aromatic carbocycles. The second kappa shape index (κ2) is 3.83. The second-order valence-corrected chi connectivity index (χ2v) is 5.40. The molecule has 76 valence electrons. The van der Waals surface area contributed by atoms with E-state index in [2.05, 4.69) is 34.3 Å². The SMILES string of the molecule is C=C1C[C@H](C)O[C@H]1CCC(C)(C)C. The molecule has 0 unspecified atom stereocenters. The zero-order chi connectivity index (χ0) is 10.1. The zero-order valence-corrected chi connectivity index (χ0v) is 9.39. The summed E-state index contributed by atoms with van der Waals surface area (Å²) in [6.45, 7) is 13.0. The van der Waals surface area contributed by atoms with Crippen LogP contribution in [0.1, 0.15) is 47.0 Å². The molecule has 0 bridgehead atoms. The van der Waals surface area contributed by atoms with Crippen molar-refractivity contribution in [3.05, 3.63) is 12.2 Å². The molecule has 1 saturated heterocycles. The van der Waals surface area contributed by atoms with Gasteiger partial charge in [0, 0.05) is 0 Å². The van der Waals surface area contributed by atoms with Crippen LogP contribution in [0, 0.1) is 5.41 Å². The second-order valence-electron chi connectivity index (χ2n) is 5.40. The number of hydrogen-bond acceptors (Lipinski definition) is 1. The average Bonchev–Trinajstić information content (AvgIpc) is 2.24. The zero-order valence-electron chi connectivity index (χ0n) is 9.39. The third-order valence-corrected chi connectivity index (χ3v) is 2.56. The molecule has 1 fully saturated rings. The molecule has 0 saturated carbocycles. The molecular weight excluding hydrogens is 160 g/mol. The van der Waals surface area contributed by atoms with Crippen molar-refractivity contribution < 1.29 is 4.74 Å². The van der Waals surface area contributed by atoms with Gasteiger partial charge in [0.15, 0.2) is 0 Å². The minimum absolute atomic E-state index is 0.328. The van der Waals surface area contributed by atoms with Gasteiger partial charge < -0.3 is 4.74 Å². The van der Waals surface area contributed by atoms with Gasteiger partial charge in [-0.3, -0.25) is 0 Å². The highest BCUT2D eigenvalue weighted by Gasteiger charge is 2.26. The van der Waals surface area contributed by atoms with Crippen molar-refractivity contribution in [1.82, 2.24) is 0 Å². The molecule has 0 radical (unpaired) electrons. The topological polar surface area (TPSA) is 9.23 Å². The van der Waals surface area contributed by atoms with Gasteiger partial charge in [-0.05, 0) is 37.2 Å². The van der Waals surface area contributed by atoms with Crippen molar-refractivity contribution in [2.75, 3.05) is 0 Å². The molecule has 1 heteroatoms. The van der Waals surface area contributed by atoms with E-state index in [0.717, 1.165) is 12.8 Å². The maximum absolute atomic E-state index is 5.77. The van der Waals surface area contributed by atoms with Crippen LogP contribution < -0.4 is 0 Å². The summed E-state index contributed by atoms with van der Waals surface area (Å²) in [6.07, 6.45) is 4.11. The lowest BCUT2D eigenvalue weighted by molar-refractivity contribution is 0.0529. The first-order chi connectivity index (χ1) is 5.88. The number of rotatable bonds is 2. The minimum Gasteiger partial charge on any atom is -0.371 e. The van der Waals surface area contributed by atoms with Gasteiger partial charge >= 0.3 is 0 Å². The van der Waals surface area contributed by atoms with Crippen LogP contribution in [0.5, 0.6) is 0 Å². The standard InChI is InChI=1S/C12H22O/c1-9-8-10(2)13-11(9)6-7-12(3,4)5/h10-11H,1,6-8H2,2-5H3/t10-,11-/m0/s1. The van der Waals surface area contributed by atoms with Gasteiger partial charge in [-0.25, -0.2) is 0 Å². The van der Waals surface area contributed by atoms with Crippen LogP contribution in [0.3, 0.4) is 0 Å². The average molecular weight is 182 g/mol. The Kier molecular flexibility index (Phi) is 3.18. The van der Waals surface area contributed by atoms with Gasteiger partial charge in [-0.2, -0.15) is 0 Å². The normalized spacial score (nSPS) is 29.7. The fourth-order valence-electron chi connectivity index (χ4n) is 1.76. The van der Waals surface area contributed by atoms with Gasteiger partial charge in [-0.15, -0.1) is 0 Å². The molecule has 0 aromatic heterocycles. The highest BCUT2D eigenvalue weighted by Crippen LogP contribution is 2.31. The monoisotopic (exact) mass is 182 g/mol. The Hall–Kier alpha value is -0.300. The maximum atomic E-state index is 5.77. The van der Waals surface area contributed by atoms with Gasteiger partial charge in [0.2, 0.25) is 0 Å². The molecule has 2 atom stereocenters. The molecule has 1 aliphatic rings. The van der Waals surface area contributed by atoms with E-state index in [1.165, 1.54) is 12.0 Å². The summed E-state index contributed by atoms with van der Waals surface area (Å²) in [5.41, 5.74) is 1.70. The molecule has 1 nitrogen and oxygen atoms in total. The minimum atomic E-state index is 0.328. The van der Waals surface area contributed by atoms with E-state index in [-0.39, 0.29) is 0 Å². The Morgan fingerprint density at radius 2 is 2.08 bits per heavy atom. The maximum Gasteiger partial charge on any atom is 0.0787 e. The summed E-state index contributed by atoms with van der Waals surface area (Å²) in [4.78, 5) is 0. The van der Waals surface area contributed by atoms with Crippen LogP contribution in [0.25, 0.3) is 0 Å². The Labute approximate surface area is 82.2 Å². The smallest absolute Gasteiger partial charge is 0.0787 e. The third kappa shape index (κ3) is 3.51. The van der Waals surface area contributed by atoms with Crippen LogP contribution in [0.15, 0.2) is 12.2 Å². The van der Waals surface area contributed by atoms with Gasteiger partial charge in [-0.1, -0.05) is 27.4 Å². The van der Waals surface area contributed by atoms with Gasteiger partial charge in [0.05, 0.1) is 12.2 Å². The van der Waals surface area contributed by atoms with E-state index in [0.29, 0.717) is 17.6 Å². The predicted molar refractivity (Wildman–Crippen MR) is 56.8 cm³/mol. The first kappa shape index (κ1) is 10.8. The lowest BCUT2D eigenvalue weighted by atomic mass is 9.88. The molecule has 13 heavy (non-hydrogen) atoms. The molecule has 0 amide bonds. The lowest BCUT2D eigenvalue weighted by Crippen LogP contribution is -2.14. The van der Waals surface area contributed by atoms with Crippen molar-refractivity contribution in [3.63, 3.8) is 0 Å². The molecular formula is C12H22O. The molecule has 0 spiro atoms. The van der Waals surface area contributed by atoms with Crippen LogP contribution in [0.2, 0.25) is 0 Å². The van der Waals surface area contributed by atoms with E-state index in [4.69, 9.17) is 4.74 Å². The van der Waals surface area contributed by atoms with E-state index in [1.807, 2.05) is 0 Å². The highest BCUT2D eigenvalue weighted by molar-refractivity contribution is 5.08. The largest absolute Gasteiger partial charge is 0.371 e. The van der Waals surface area contributed by atoms with Gasteiger partial charge in [0.25, 0.3) is 0 Å². The van der Waals surface area contributed by atoms with E-state index < -0.39 is 0 Å². The van der Waals surface area contributed by atoms with E-state index >= 15 is 0 Å². The summed E-state index contributed by atoms with van der Waals surface area (Å²) < 4.78 is 5.77. The van der Waals surface area contributed by atoms with Crippen LogP contribution in [0.4, 0.5) is 0 Å². The molecule has 0 aliphatic carbocycles. The summed E-state index contributed by atoms with van der Waals surface area (Å²) in [6, 6.07) is 0.